The third kappa shape index (κ3) is 5.28. The lowest BCUT2D eigenvalue weighted by Crippen LogP contribution is -2.56. The first-order valence-electron chi connectivity index (χ1n) is 6.85. The first kappa shape index (κ1) is 16.7. The van der Waals surface area contributed by atoms with Crippen molar-refractivity contribution in [2.45, 2.75) is 56.8 Å². The van der Waals surface area contributed by atoms with Gasteiger partial charge in [0.15, 0.2) is 0 Å². The van der Waals surface area contributed by atoms with Crippen molar-refractivity contribution in [1.82, 2.24) is 4.90 Å². The van der Waals surface area contributed by atoms with Gasteiger partial charge in [-0.05, 0) is 39.2 Å². The van der Waals surface area contributed by atoms with E-state index >= 15 is 0 Å². The molecular formula is C13H25F3N2O. The molecule has 19 heavy (non-hydrogen) atoms. The van der Waals surface area contributed by atoms with Gasteiger partial charge in [-0.15, -0.1) is 0 Å². The molecule has 0 bridgehead atoms. The summed E-state index contributed by atoms with van der Waals surface area (Å²) in [7, 11) is 1.68. The van der Waals surface area contributed by atoms with Gasteiger partial charge in [-0.2, -0.15) is 13.2 Å². The first-order chi connectivity index (χ1) is 8.80. The monoisotopic (exact) mass is 282 g/mol. The van der Waals surface area contributed by atoms with Gasteiger partial charge < -0.3 is 10.5 Å². The second kappa shape index (κ2) is 6.90. The van der Waals surface area contributed by atoms with Gasteiger partial charge in [-0.25, -0.2) is 0 Å². The average Bonchev–Trinajstić information content (AvgIpc) is 2.37. The summed E-state index contributed by atoms with van der Waals surface area (Å²) in [5.74, 6) is 0. The minimum Gasteiger partial charge on any atom is -0.380 e. The van der Waals surface area contributed by atoms with Crippen LogP contribution in [-0.2, 0) is 4.74 Å². The number of hydrogen-bond acceptors (Lipinski definition) is 3. The number of nitrogens with zero attached hydrogens (tertiary/aromatic N) is 1. The Bertz CT molecular complexity index is 273. The number of methoxy groups -OCH3 is 1. The summed E-state index contributed by atoms with van der Waals surface area (Å²) in [5.41, 5.74) is 5.45. The molecule has 1 heterocycles. The standard InChI is InChI=1S/C13H25F3N2O/c1-12(10-17,6-4-7-13(14,15)16)18-8-3-5-11(9-18)19-2/h11H,3-10,17H2,1-2H3. The maximum Gasteiger partial charge on any atom is 0.389 e. The van der Waals surface area contributed by atoms with Crippen molar-refractivity contribution >= 4 is 0 Å². The molecule has 114 valence electrons. The van der Waals surface area contributed by atoms with E-state index in [1.807, 2.05) is 6.92 Å². The van der Waals surface area contributed by atoms with Crippen molar-refractivity contribution in [3.63, 3.8) is 0 Å². The van der Waals surface area contributed by atoms with Gasteiger partial charge in [-0.1, -0.05) is 0 Å². The van der Waals surface area contributed by atoms with Crippen LogP contribution in [0.25, 0.3) is 0 Å². The van der Waals surface area contributed by atoms with E-state index in [0.29, 0.717) is 13.0 Å². The lowest BCUT2D eigenvalue weighted by atomic mass is 9.90. The molecule has 6 heteroatoms. The average molecular weight is 282 g/mol. The lowest BCUT2D eigenvalue weighted by Gasteiger charge is -2.45. The van der Waals surface area contributed by atoms with Gasteiger partial charge in [0, 0.05) is 32.2 Å². The Balaban J connectivity index is 2.53. The third-order valence-corrected chi connectivity index (χ3v) is 4.09. The van der Waals surface area contributed by atoms with Crippen molar-refractivity contribution < 1.29 is 17.9 Å². The van der Waals surface area contributed by atoms with Crippen LogP contribution in [0.3, 0.4) is 0 Å². The number of nitrogens with two attached hydrogens (primary N) is 1. The van der Waals surface area contributed by atoms with E-state index in [2.05, 4.69) is 4.90 Å². The van der Waals surface area contributed by atoms with Crippen LogP contribution >= 0.6 is 0 Å². The fourth-order valence-corrected chi connectivity index (χ4v) is 2.68. The topological polar surface area (TPSA) is 38.5 Å². The van der Waals surface area contributed by atoms with Crippen LogP contribution in [0.1, 0.15) is 39.0 Å². The summed E-state index contributed by atoms with van der Waals surface area (Å²) in [6.45, 7) is 3.98. The summed E-state index contributed by atoms with van der Waals surface area (Å²) >= 11 is 0. The SMILES string of the molecule is COC1CCCN(C(C)(CN)CCCC(F)(F)F)C1. The minimum absolute atomic E-state index is 0.130. The molecule has 1 fully saturated rings. The van der Waals surface area contributed by atoms with Crippen LogP contribution in [0.2, 0.25) is 0 Å². The molecule has 1 rings (SSSR count). The summed E-state index contributed by atoms with van der Waals surface area (Å²) in [5, 5.41) is 0. The van der Waals surface area contributed by atoms with E-state index in [0.717, 1.165) is 25.9 Å². The van der Waals surface area contributed by atoms with Gasteiger partial charge in [0.05, 0.1) is 6.10 Å². The Morgan fingerprint density at radius 2 is 2.00 bits per heavy atom. The number of rotatable bonds is 6. The van der Waals surface area contributed by atoms with Crippen molar-refractivity contribution in [3.8, 4) is 0 Å². The van der Waals surface area contributed by atoms with E-state index in [9.17, 15) is 13.2 Å². The molecular weight excluding hydrogens is 257 g/mol. The Labute approximate surface area is 113 Å². The molecule has 0 amide bonds. The van der Waals surface area contributed by atoms with Crippen molar-refractivity contribution in [3.05, 3.63) is 0 Å². The number of ether oxygens (including phenoxy) is 1. The summed E-state index contributed by atoms with van der Waals surface area (Å²) in [4.78, 5) is 2.20. The summed E-state index contributed by atoms with van der Waals surface area (Å²) < 4.78 is 42.0. The Morgan fingerprint density at radius 1 is 1.32 bits per heavy atom. The molecule has 0 aliphatic carbocycles. The van der Waals surface area contributed by atoms with Crippen LogP contribution in [0.5, 0.6) is 0 Å². The largest absolute Gasteiger partial charge is 0.389 e. The fourth-order valence-electron chi connectivity index (χ4n) is 2.68. The van der Waals surface area contributed by atoms with E-state index in [-0.39, 0.29) is 18.1 Å². The van der Waals surface area contributed by atoms with E-state index in [1.54, 1.807) is 7.11 Å². The van der Waals surface area contributed by atoms with Gasteiger partial charge >= 0.3 is 6.18 Å². The predicted molar refractivity (Wildman–Crippen MR) is 69.0 cm³/mol. The normalized spacial score (nSPS) is 25.3. The fraction of sp³-hybridized carbons (Fsp3) is 1.00. The molecule has 1 aliphatic rings. The van der Waals surface area contributed by atoms with E-state index in [1.165, 1.54) is 0 Å². The number of halogens is 3. The zero-order chi connectivity index (χ0) is 14.5. The van der Waals surface area contributed by atoms with Crippen LogP contribution in [0.4, 0.5) is 13.2 Å². The molecule has 2 atom stereocenters. The van der Waals surface area contributed by atoms with Crippen molar-refractivity contribution in [2.24, 2.45) is 5.73 Å². The molecule has 0 aromatic carbocycles. The van der Waals surface area contributed by atoms with E-state index in [4.69, 9.17) is 10.5 Å². The predicted octanol–water partition coefficient (Wildman–Crippen LogP) is 2.55. The Kier molecular flexibility index (Phi) is 6.08. The molecule has 1 aliphatic heterocycles. The maximum absolute atomic E-state index is 12.2. The summed E-state index contributed by atoms with van der Waals surface area (Å²) in [6.07, 6.45) is -2.02. The van der Waals surface area contributed by atoms with Gasteiger partial charge in [0.25, 0.3) is 0 Å². The van der Waals surface area contributed by atoms with Gasteiger partial charge in [0.1, 0.15) is 0 Å². The number of hydrogen-bond donors (Lipinski definition) is 1. The van der Waals surface area contributed by atoms with Gasteiger partial charge in [-0.3, -0.25) is 4.90 Å². The molecule has 0 aromatic rings. The first-order valence-corrected chi connectivity index (χ1v) is 6.85. The van der Waals surface area contributed by atoms with Crippen molar-refractivity contribution in [2.75, 3.05) is 26.7 Å². The molecule has 0 aromatic heterocycles. The summed E-state index contributed by atoms with van der Waals surface area (Å²) in [6, 6.07) is 0. The number of piperidine rings is 1. The maximum atomic E-state index is 12.2. The molecule has 2 unspecified atom stereocenters. The third-order valence-electron chi connectivity index (χ3n) is 4.09. The second-order valence-corrected chi connectivity index (χ2v) is 5.62. The number of likely N-dealkylation sites (tertiary alicyclic amines) is 1. The minimum atomic E-state index is -4.08. The van der Waals surface area contributed by atoms with Crippen LogP contribution in [0, 0.1) is 0 Å². The number of alkyl halides is 3. The molecule has 0 saturated carbocycles. The molecule has 2 N–H and O–H groups in total. The van der Waals surface area contributed by atoms with Crippen molar-refractivity contribution in [1.29, 1.82) is 0 Å². The van der Waals surface area contributed by atoms with Crippen LogP contribution in [0.15, 0.2) is 0 Å². The zero-order valence-electron chi connectivity index (χ0n) is 11.8. The molecule has 3 nitrogen and oxygen atoms in total. The molecule has 1 saturated heterocycles. The van der Waals surface area contributed by atoms with E-state index < -0.39 is 12.6 Å². The smallest absolute Gasteiger partial charge is 0.380 e. The Morgan fingerprint density at radius 3 is 2.53 bits per heavy atom. The molecule has 0 spiro atoms. The highest BCUT2D eigenvalue weighted by Gasteiger charge is 2.35. The zero-order valence-corrected chi connectivity index (χ0v) is 11.8. The van der Waals surface area contributed by atoms with Crippen LogP contribution < -0.4 is 5.73 Å². The lowest BCUT2D eigenvalue weighted by molar-refractivity contribution is -0.137. The quantitative estimate of drug-likeness (QED) is 0.813. The van der Waals surface area contributed by atoms with Crippen LogP contribution in [-0.4, -0.2) is 49.5 Å². The Hall–Kier alpha value is -0.330. The highest BCUT2D eigenvalue weighted by Crippen LogP contribution is 2.29. The highest BCUT2D eigenvalue weighted by molar-refractivity contribution is 4.91. The van der Waals surface area contributed by atoms with Gasteiger partial charge in [0.2, 0.25) is 0 Å². The highest BCUT2D eigenvalue weighted by atomic mass is 19.4. The molecule has 0 radical (unpaired) electrons. The second-order valence-electron chi connectivity index (χ2n) is 5.62.